The van der Waals surface area contributed by atoms with Crippen molar-refractivity contribution in [3.63, 3.8) is 0 Å². The van der Waals surface area contributed by atoms with Gasteiger partial charge in [-0.2, -0.15) is 0 Å². The number of aromatic nitrogens is 2. The second kappa shape index (κ2) is 9.91. The number of rotatable bonds is 11. The van der Waals surface area contributed by atoms with E-state index in [1.807, 2.05) is 0 Å². The Balaban J connectivity index is 2.03. The molecule has 0 aliphatic rings. The molecule has 0 unspecified atom stereocenters. The zero-order valence-electron chi connectivity index (χ0n) is 13.8. The highest BCUT2D eigenvalue weighted by atomic mass is 17.0. The Morgan fingerprint density at radius 3 is 1.73 bits per heavy atom. The van der Waals surface area contributed by atoms with Crippen LogP contribution in [0.25, 0.3) is 0 Å². The van der Waals surface area contributed by atoms with E-state index < -0.39 is 25.0 Å². The van der Waals surface area contributed by atoms with Crippen molar-refractivity contribution in [1.29, 1.82) is 0 Å². The highest BCUT2D eigenvalue weighted by Gasteiger charge is 2.18. The lowest BCUT2D eigenvalue weighted by Gasteiger charge is -2.24. The summed E-state index contributed by atoms with van der Waals surface area (Å²) in [6, 6.07) is 10.1. The molecule has 0 saturated heterocycles. The summed E-state index contributed by atoms with van der Waals surface area (Å²) >= 11 is 0. The third-order valence-electron chi connectivity index (χ3n) is 2.98. The normalized spacial score (nSPS) is 10.7. The van der Waals surface area contributed by atoms with Gasteiger partial charge < -0.3 is 19.9 Å². The van der Waals surface area contributed by atoms with E-state index >= 15 is 0 Å². The summed E-state index contributed by atoms with van der Waals surface area (Å²) in [6.07, 6.45) is 3.07. The molecule has 138 valence electrons. The summed E-state index contributed by atoms with van der Waals surface area (Å²) in [6.45, 7) is -0.730. The van der Waals surface area contributed by atoms with Gasteiger partial charge in [-0.05, 0) is 12.1 Å². The number of nitrogens with zero attached hydrogens (tertiary/aromatic N) is 4. The van der Waals surface area contributed by atoms with Crippen molar-refractivity contribution in [3.8, 4) is 11.8 Å². The maximum absolute atomic E-state index is 10.9. The molecule has 0 bridgehead atoms. The van der Waals surface area contributed by atoms with E-state index in [4.69, 9.17) is 19.9 Å². The van der Waals surface area contributed by atoms with Crippen LogP contribution in [0.4, 0.5) is 0 Å². The molecule has 0 radical (unpaired) electrons. The van der Waals surface area contributed by atoms with Crippen molar-refractivity contribution >= 4 is 11.9 Å². The molecule has 0 aromatic carbocycles. The molecule has 0 aliphatic carbocycles. The van der Waals surface area contributed by atoms with Crippen LogP contribution >= 0.6 is 0 Å². The summed E-state index contributed by atoms with van der Waals surface area (Å²) in [5.41, 5.74) is 0. The highest BCUT2D eigenvalue weighted by Crippen LogP contribution is 2.10. The van der Waals surface area contributed by atoms with Crippen molar-refractivity contribution < 1.29 is 29.5 Å². The minimum absolute atomic E-state index is 0.0493. The van der Waals surface area contributed by atoms with Crippen LogP contribution in [0.2, 0.25) is 0 Å². The molecule has 0 amide bonds. The first-order valence-corrected chi connectivity index (χ1v) is 7.64. The van der Waals surface area contributed by atoms with Crippen molar-refractivity contribution in [2.75, 3.05) is 26.2 Å². The monoisotopic (exact) mass is 362 g/mol. The first-order valence-electron chi connectivity index (χ1n) is 7.64. The van der Waals surface area contributed by atoms with Gasteiger partial charge in [0, 0.05) is 36.3 Å². The standard InChI is InChI=1S/C16H18N4O6/c21-15(22)11-19(12-16(23)24)9-10-20(25-13-5-1-3-7-17-13)26-14-6-2-4-8-18-14/h1-8H,9-12H2,(H,21,22)(H,23,24). The van der Waals surface area contributed by atoms with Gasteiger partial charge in [-0.1, -0.05) is 12.1 Å². The fourth-order valence-corrected chi connectivity index (χ4v) is 1.94. The second-order valence-electron chi connectivity index (χ2n) is 5.07. The highest BCUT2D eigenvalue weighted by molar-refractivity contribution is 5.72. The largest absolute Gasteiger partial charge is 0.480 e. The summed E-state index contributed by atoms with van der Waals surface area (Å²) in [7, 11) is 0. The van der Waals surface area contributed by atoms with Gasteiger partial charge in [0.2, 0.25) is 11.8 Å². The zero-order valence-corrected chi connectivity index (χ0v) is 13.8. The number of pyridine rings is 2. The van der Waals surface area contributed by atoms with Crippen LogP contribution in [-0.2, 0) is 9.59 Å². The Morgan fingerprint density at radius 1 is 0.846 bits per heavy atom. The quantitative estimate of drug-likeness (QED) is 0.547. The number of aliphatic carboxylic acids is 2. The van der Waals surface area contributed by atoms with Gasteiger partial charge in [0.25, 0.3) is 0 Å². The summed E-state index contributed by atoms with van der Waals surface area (Å²) in [5.74, 6) is -1.75. The maximum Gasteiger partial charge on any atom is 0.317 e. The van der Waals surface area contributed by atoms with Gasteiger partial charge in [0.1, 0.15) is 0 Å². The van der Waals surface area contributed by atoms with E-state index in [0.29, 0.717) is 0 Å². The van der Waals surface area contributed by atoms with Gasteiger partial charge in [-0.15, -0.1) is 0 Å². The smallest absolute Gasteiger partial charge is 0.317 e. The first kappa shape index (κ1) is 19.1. The van der Waals surface area contributed by atoms with Crippen LogP contribution in [0.15, 0.2) is 48.8 Å². The fourth-order valence-electron chi connectivity index (χ4n) is 1.94. The van der Waals surface area contributed by atoms with E-state index in [1.165, 1.54) is 17.3 Å². The number of hydrogen-bond donors (Lipinski definition) is 2. The van der Waals surface area contributed by atoms with Crippen molar-refractivity contribution in [1.82, 2.24) is 20.1 Å². The molecule has 10 heteroatoms. The number of carboxylic acids is 2. The molecule has 0 atom stereocenters. The maximum atomic E-state index is 10.9. The molecule has 0 fully saturated rings. The summed E-state index contributed by atoms with van der Waals surface area (Å²) < 4.78 is 0. The lowest BCUT2D eigenvalue weighted by molar-refractivity contribution is -0.261. The predicted molar refractivity (Wildman–Crippen MR) is 88.1 cm³/mol. The lowest BCUT2D eigenvalue weighted by Crippen LogP contribution is -2.42. The molecule has 26 heavy (non-hydrogen) atoms. The second-order valence-corrected chi connectivity index (χ2v) is 5.07. The summed E-state index contributed by atoms with van der Waals surface area (Å²) in [5, 5.41) is 18.9. The van der Waals surface area contributed by atoms with Crippen LogP contribution in [0.3, 0.4) is 0 Å². The summed E-state index contributed by atoms with van der Waals surface area (Å²) in [4.78, 5) is 42.1. The zero-order chi connectivity index (χ0) is 18.8. The molecular formula is C16H18N4O6. The van der Waals surface area contributed by atoms with Gasteiger partial charge in [0.05, 0.1) is 19.6 Å². The molecule has 2 aromatic rings. The number of carboxylic acid groups (broad SMARTS) is 2. The Bertz CT molecular complexity index is 643. The van der Waals surface area contributed by atoms with Gasteiger partial charge in [-0.3, -0.25) is 14.5 Å². The average Bonchev–Trinajstić information content (AvgIpc) is 2.60. The Kier molecular flexibility index (Phi) is 7.28. The minimum Gasteiger partial charge on any atom is -0.480 e. The minimum atomic E-state index is -1.13. The SMILES string of the molecule is O=C(O)CN(CCN(Oc1ccccn1)Oc1ccccn1)CC(=O)O. The van der Waals surface area contributed by atoms with Crippen LogP contribution in [0.1, 0.15) is 0 Å². The van der Waals surface area contributed by atoms with Crippen molar-refractivity contribution in [2.45, 2.75) is 0 Å². The third kappa shape index (κ3) is 7.11. The molecule has 0 saturated carbocycles. The first-order chi connectivity index (χ1) is 12.5. The fraction of sp³-hybridized carbons (Fsp3) is 0.250. The van der Waals surface area contributed by atoms with Gasteiger partial charge >= 0.3 is 11.9 Å². The van der Waals surface area contributed by atoms with Crippen molar-refractivity contribution in [3.05, 3.63) is 48.8 Å². The number of hydroxylamine groups is 2. The van der Waals surface area contributed by atoms with Gasteiger partial charge in [-0.25, -0.2) is 9.97 Å². The third-order valence-corrected chi connectivity index (χ3v) is 2.98. The molecule has 0 spiro atoms. The number of hydrogen-bond acceptors (Lipinski definition) is 8. The molecule has 0 aliphatic heterocycles. The van der Waals surface area contributed by atoms with E-state index in [0.717, 1.165) is 5.23 Å². The van der Waals surface area contributed by atoms with Crippen LogP contribution < -0.4 is 9.68 Å². The Labute approximate surface area is 149 Å². The van der Waals surface area contributed by atoms with Crippen molar-refractivity contribution in [2.24, 2.45) is 0 Å². The van der Waals surface area contributed by atoms with Gasteiger partial charge in [0.15, 0.2) is 0 Å². The van der Waals surface area contributed by atoms with E-state index in [2.05, 4.69) is 9.97 Å². The Hall–Kier alpha value is -3.24. The molecule has 2 rings (SSSR count). The van der Waals surface area contributed by atoms with E-state index in [9.17, 15) is 9.59 Å². The molecule has 2 aromatic heterocycles. The average molecular weight is 362 g/mol. The molecule has 2 heterocycles. The number of carbonyl (C=O) groups is 2. The predicted octanol–water partition coefficient (Wildman–Crippen LogP) is 0.538. The molecule has 10 nitrogen and oxygen atoms in total. The molecular weight excluding hydrogens is 344 g/mol. The van der Waals surface area contributed by atoms with E-state index in [-0.39, 0.29) is 24.8 Å². The lowest BCUT2D eigenvalue weighted by atomic mass is 10.4. The van der Waals surface area contributed by atoms with Crippen LogP contribution in [0.5, 0.6) is 11.8 Å². The van der Waals surface area contributed by atoms with Crippen LogP contribution in [-0.4, -0.2) is 68.4 Å². The molecule has 2 N–H and O–H groups in total. The van der Waals surface area contributed by atoms with E-state index in [1.54, 1.807) is 36.4 Å². The topological polar surface area (TPSA) is 125 Å². The van der Waals surface area contributed by atoms with Crippen LogP contribution in [0, 0.1) is 0 Å². The Morgan fingerprint density at radius 2 is 1.35 bits per heavy atom.